The number of amides is 1. The summed E-state index contributed by atoms with van der Waals surface area (Å²) in [5.41, 5.74) is 0.675. The minimum atomic E-state index is 0.0113. The van der Waals surface area contributed by atoms with Crippen molar-refractivity contribution in [1.29, 1.82) is 0 Å². The zero-order valence-corrected chi connectivity index (χ0v) is 10.9. The average molecular weight is 286 g/mol. The van der Waals surface area contributed by atoms with Gasteiger partial charge in [-0.25, -0.2) is 0 Å². The van der Waals surface area contributed by atoms with E-state index >= 15 is 0 Å². The smallest absolute Gasteiger partial charge is 0.253 e. The van der Waals surface area contributed by atoms with Gasteiger partial charge in [0.25, 0.3) is 5.91 Å². The summed E-state index contributed by atoms with van der Waals surface area (Å²) in [5.74, 6) is 0.0113. The van der Waals surface area contributed by atoms with Crippen molar-refractivity contribution in [2.45, 2.75) is 13.3 Å². The largest absolute Gasteiger partial charge is 0.396 e. The molecule has 0 aromatic heterocycles. The van der Waals surface area contributed by atoms with Crippen LogP contribution < -0.4 is 0 Å². The molecule has 1 aromatic rings. The molecule has 0 saturated heterocycles. The van der Waals surface area contributed by atoms with Crippen LogP contribution in [0.1, 0.15) is 23.7 Å². The van der Waals surface area contributed by atoms with Crippen molar-refractivity contribution in [1.82, 2.24) is 4.90 Å². The van der Waals surface area contributed by atoms with Crippen LogP contribution in [0.2, 0.25) is 0 Å². The summed E-state index contributed by atoms with van der Waals surface area (Å²) in [5, 5.41) is 8.76. The third-order valence-corrected chi connectivity index (χ3v) is 2.82. The Morgan fingerprint density at radius 1 is 1.50 bits per heavy atom. The molecule has 0 spiro atoms. The Kier molecular flexibility index (Phi) is 5.49. The summed E-state index contributed by atoms with van der Waals surface area (Å²) in [6.45, 7) is 3.30. The monoisotopic (exact) mass is 285 g/mol. The Hall–Kier alpha value is -0.870. The fourth-order valence-corrected chi connectivity index (χ4v) is 1.87. The van der Waals surface area contributed by atoms with E-state index in [0.29, 0.717) is 25.1 Å². The van der Waals surface area contributed by atoms with Crippen LogP contribution in [0, 0.1) is 0 Å². The molecular formula is C12H16BrNO2. The maximum absolute atomic E-state index is 12.1. The number of halogens is 1. The second-order valence-corrected chi connectivity index (χ2v) is 4.39. The molecule has 88 valence electrons. The van der Waals surface area contributed by atoms with Gasteiger partial charge in [-0.3, -0.25) is 4.79 Å². The van der Waals surface area contributed by atoms with Crippen LogP contribution in [0.5, 0.6) is 0 Å². The minimum absolute atomic E-state index is 0.0113. The average Bonchev–Trinajstić information content (AvgIpc) is 2.29. The molecule has 1 N–H and O–H groups in total. The van der Waals surface area contributed by atoms with Gasteiger partial charge in [-0.15, -0.1) is 0 Å². The first-order valence-electron chi connectivity index (χ1n) is 5.34. The molecule has 0 radical (unpaired) electrons. The maximum atomic E-state index is 12.1. The molecule has 0 unspecified atom stereocenters. The fourth-order valence-electron chi connectivity index (χ4n) is 1.47. The first-order chi connectivity index (χ1) is 7.69. The Balaban J connectivity index is 2.74. The van der Waals surface area contributed by atoms with Crippen molar-refractivity contribution < 1.29 is 9.90 Å². The summed E-state index contributed by atoms with van der Waals surface area (Å²) in [6.07, 6.45) is 0.619. The highest BCUT2D eigenvalue weighted by molar-refractivity contribution is 9.10. The van der Waals surface area contributed by atoms with Gasteiger partial charge in [0.1, 0.15) is 0 Å². The van der Waals surface area contributed by atoms with E-state index in [9.17, 15) is 4.79 Å². The van der Waals surface area contributed by atoms with E-state index in [1.807, 2.05) is 25.1 Å². The van der Waals surface area contributed by atoms with Gasteiger partial charge in [-0.05, 0) is 31.5 Å². The molecule has 0 atom stereocenters. The van der Waals surface area contributed by atoms with Gasteiger partial charge in [0.2, 0.25) is 0 Å². The number of hydrogen-bond donors (Lipinski definition) is 1. The summed E-state index contributed by atoms with van der Waals surface area (Å²) < 4.78 is 0.900. The molecule has 1 rings (SSSR count). The highest BCUT2D eigenvalue weighted by Crippen LogP contribution is 2.13. The van der Waals surface area contributed by atoms with Crippen LogP contribution in [-0.4, -0.2) is 35.6 Å². The molecule has 4 heteroatoms. The SMILES string of the molecule is CCN(CCCO)C(=O)c1cccc(Br)c1. The molecule has 0 bridgehead atoms. The highest BCUT2D eigenvalue weighted by atomic mass is 79.9. The normalized spacial score (nSPS) is 10.2. The van der Waals surface area contributed by atoms with Crippen molar-refractivity contribution in [3.63, 3.8) is 0 Å². The topological polar surface area (TPSA) is 40.5 Å². The molecule has 1 aromatic carbocycles. The number of benzene rings is 1. The number of carbonyl (C=O) groups excluding carboxylic acids is 1. The number of carbonyl (C=O) groups is 1. The number of rotatable bonds is 5. The predicted molar refractivity (Wildman–Crippen MR) is 67.4 cm³/mol. The third kappa shape index (κ3) is 3.61. The van der Waals surface area contributed by atoms with Crippen LogP contribution in [0.3, 0.4) is 0 Å². The van der Waals surface area contributed by atoms with Gasteiger partial charge in [0, 0.05) is 29.7 Å². The van der Waals surface area contributed by atoms with Gasteiger partial charge < -0.3 is 10.0 Å². The molecule has 0 aliphatic heterocycles. The number of hydrogen-bond acceptors (Lipinski definition) is 2. The van der Waals surface area contributed by atoms with E-state index in [1.165, 1.54) is 0 Å². The van der Waals surface area contributed by atoms with Crippen molar-refractivity contribution in [3.8, 4) is 0 Å². The Labute approximate surface area is 104 Å². The molecular weight excluding hydrogens is 270 g/mol. The van der Waals surface area contributed by atoms with E-state index < -0.39 is 0 Å². The molecule has 1 amide bonds. The lowest BCUT2D eigenvalue weighted by molar-refractivity contribution is 0.0754. The summed E-state index contributed by atoms with van der Waals surface area (Å²) in [4.78, 5) is 13.8. The fraction of sp³-hybridized carbons (Fsp3) is 0.417. The second kappa shape index (κ2) is 6.66. The van der Waals surface area contributed by atoms with E-state index in [0.717, 1.165) is 4.47 Å². The van der Waals surface area contributed by atoms with E-state index in [2.05, 4.69) is 15.9 Å². The van der Waals surface area contributed by atoms with Gasteiger partial charge in [0.15, 0.2) is 0 Å². The first kappa shape index (κ1) is 13.2. The molecule has 16 heavy (non-hydrogen) atoms. The van der Waals surface area contributed by atoms with E-state index in [1.54, 1.807) is 11.0 Å². The van der Waals surface area contributed by atoms with Gasteiger partial charge >= 0.3 is 0 Å². The lowest BCUT2D eigenvalue weighted by Crippen LogP contribution is -2.32. The zero-order valence-electron chi connectivity index (χ0n) is 9.32. The molecule has 0 fully saturated rings. The molecule has 0 heterocycles. The Morgan fingerprint density at radius 2 is 2.25 bits per heavy atom. The van der Waals surface area contributed by atoms with Gasteiger partial charge in [-0.1, -0.05) is 22.0 Å². The summed E-state index contributed by atoms with van der Waals surface area (Å²) in [7, 11) is 0. The number of nitrogens with zero attached hydrogens (tertiary/aromatic N) is 1. The predicted octanol–water partition coefficient (Wildman–Crippen LogP) is 2.29. The van der Waals surface area contributed by atoms with Crippen LogP contribution >= 0.6 is 15.9 Å². The first-order valence-corrected chi connectivity index (χ1v) is 6.14. The van der Waals surface area contributed by atoms with Crippen LogP contribution in [0.4, 0.5) is 0 Å². The molecule has 0 aliphatic carbocycles. The van der Waals surface area contributed by atoms with Gasteiger partial charge in [0.05, 0.1) is 0 Å². The Morgan fingerprint density at radius 3 is 2.81 bits per heavy atom. The quantitative estimate of drug-likeness (QED) is 0.902. The van der Waals surface area contributed by atoms with Crippen molar-refractivity contribution in [2.75, 3.05) is 19.7 Å². The Bertz CT molecular complexity index is 355. The lowest BCUT2D eigenvalue weighted by Gasteiger charge is -2.20. The van der Waals surface area contributed by atoms with Crippen LogP contribution in [-0.2, 0) is 0 Å². The van der Waals surface area contributed by atoms with E-state index in [4.69, 9.17) is 5.11 Å². The third-order valence-electron chi connectivity index (χ3n) is 2.33. The standard InChI is InChI=1S/C12H16BrNO2/c1-2-14(7-4-8-15)12(16)10-5-3-6-11(13)9-10/h3,5-6,9,15H,2,4,7-8H2,1H3. The lowest BCUT2D eigenvalue weighted by atomic mass is 10.2. The number of aliphatic hydroxyl groups is 1. The van der Waals surface area contributed by atoms with Crippen molar-refractivity contribution in [3.05, 3.63) is 34.3 Å². The van der Waals surface area contributed by atoms with Gasteiger partial charge in [-0.2, -0.15) is 0 Å². The molecule has 0 aliphatic rings. The van der Waals surface area contributed by atoms with E-state index in [-0.39, 0.29) is 12.5 Å². The molecule has 3 nitrogen and oxygen atoms in total. The highest BCUT2D eigenvalue weighted by Gasteiger charge is 2.13. The van der Waals surface area contributed by atoms with Crippen LogP contribution in [0.25, 0.3) is 0 Å². The summed E-state index contributed by atoms with van der Waals surface area (Å²) in [6, 6.07) is 7.34. The number of aliphatic hydroxyl groups excluding tert-OH is 1. The zero-order chi connectivity index (χ0) is 12.0. The molecule has 0 saturated carbocycles. The summed E-state index contributed by atoms with van der Waals surface area (Å²) >= 11 is 3.34. The van der Waals surface area contributed by atoms with Crippen molar-refractivity contribution >= 4 is 21.8 Å². The minimum Gasteiger partial charge on any atom is -0.396 e. The maximum Gasteiger partial charge on any atom is 0.253 e. The van der Waals surface area contributed by atoms with Crippen LogP contribution in [0.15, 0.2) is 28.7 Å². The second-order valence-electron chi connectivity index (χ2n) is 3.47. The van der Waals surface area contributed by atoms with Crippen molar-refractivity contribution in [2.24, 2.45) is 0 Å².